The molecule has 0 spiro atoms. The number of nitrogens with one attached hydrogen (secondary N) is 2. The second-order valence-corrected chi connectivity index (χ2v) is 7.67. The molecule has 1 saturated heterocycles. The van der Waals surface area contributed by atoms with Gasteiger partial charge in [0.2, 0.25) is 0 Å². The van der Waals surface area contributed by atoms with Crippen molar-refractivity contribution in [1.29, 1.82) is 5.41 Å². The monoisotopic (exact) mass is 418 g/mol. The predicted octanol–water partition coefficient (Wildman–Crippen LogP) is 2.18. The fraction of sp³-hybridized carbons (Fsp3) is 0.571. The van der Waals surface area contributed by atoms with E-state index in [1.165, 1.54) is 6.07 Å². The van der Waals surface area contributed by atoms with Gasteiger partial charge in [0, 0.05) is 43.9 Å². The van der Waals surface area contributed by atoms with Crippen molar-refractivity contribution in [1.82, 2.24) is 9.80 Å². The van der Waals surface area contributed by atoms with Crippen LogP contribution in [0.25, 0.3) is 0 Å². The van der Waals surface area contributed by atoms with Gasteiger partial charge in [-0.1, -0.05) is 6.92 Å². The molecule has 0 radical (unpaired) electrons. The van der Waals surface area contributed by atoms with E-state index in [-0.39, 0.29) is 24.2 Å². The summed E-state index contributed by atoms with van der Waals surface area (Å²) in [6, 6.07) is 2.90. The van der Waals surface area contributed by atoms with Gasteiger partial charge in [0.05, 0.1) is 24.1 Å². The predicted molar refractivity (Wildman–Crippen MR) is 118 cm³/mol. The molecule has 2 heterocycles. The quantitative estimate of drug-likeness (QED) is 0.616. The van der Waals surface area contributed by atoms with Crippen LogP contribution in [0, 0.1) is 11.2 Å². The minimum absolute atomic E-state index is 0.118. The van der Waals surface area contributed by atoms with Crippen molar-refractivity contribution in [2.75, 3.05) is 45.2 Å². The largest absolute Gasteiger partial charge is 0.488 e. The number of aliphatic hydroxyl groups excluding tert-OH is 1. The first-order chi connectivity index (χ1) is 14.3. The molecule has 8 nitrogen and oxygen atoms in total. The summed E-state index contributed by atoms with van der Waals surface area (Å²) in [4.78, 5) is 13.0. The lowest BCUT2D eigenvalue weighted by Gasteiger charge is -2.40. The number of aliphatic hydroxyl groups is 1. The number of β-amino-alcohol motifs (C(OH)–C–C–N with tert-alkyl or cyclic N) is 1. The third-order valence-corrected chi connectivity index (χ3v) is 5.34. The van der Waals surface area contributed by atoms with Gasteiger partial charge in [-0.15, -0.1) is 0 Å². The highest BCUT2D eigenvalue weighted by molar-refractivity contribution is 6.50. The van der Waals surface area contributed by atoms with E-state index in [2.05, 4.69) is 20.2 Å². The van der Waals surface area contributed by atoms with E-state index in [0.29, 0.717) is 29.9 Å². The first kappa shape index (κ1) is 22.2. The normalized spacial score (nSPS) is 20.1. The maximum absolute atomic E-state index is 14.4. The number of benzene rings is 1. The van der Waals surface area contributed by atoms with Crippen LogP contribution >= 0.6 is 0 Å². The smallest absolute Gasteiger partial charge is 0.167 e. The van der Waals surface area contributed by atoms with Crippen molar-refractivity contribution in [2.24, 2.45) is 9.98 Å². The van der Waals surface area contributed by atoms with Crippen molar-refractivity contribution in [3.05, 3.63) is 23.5 Å². The fourth-order valence-corrected chi connectivity index (χ4v) is 3.72. The summed E-state index contributed by atoms with van der Waals surface area (Å²) in [5.41, 5.74) is 1.84. The lowest BCUT2D eigenvalue weighted by atomic mass is 9.99. The summed E-state index contributed by atoms with van der Waals surface area (Å²) in [5.74, 6) is 0.472. The third kappa shape index (κ3) is 4.79. The lowest BCUT2D eigenvalue weighted by molar-refractivity contribution is -0.0354. The van der Waals surface area contributed by atoms with E-state index in [1.54, 1.807) is 13.1 Å². The molecular weight excluding hydrogens is 387 g/mol. The zero-order valence-corrected chi connectivity index (χ0v) is 18.1. The van der Waals surface area contributed by atoms with Crippen LogP contribution in [-0.4, -0.2) is 84.4 Å². The number of nitrogens with zero attached hydrogens (tertiary/aromatic N) is 4. The molecule has 0 amide bonds. The SMILES string of the molecule is CCN1CCN(C2=NCN=C(C(=N)c3cc(OC(C)C)c(F)cc3NC)C2)CC1O. The Morgan fingerprint density at radius 1 is 1.37 bits per heavy atom. The minimum Gasteiger partial charge on any atom is -0.488 e. The molecule has 2 aliphatic heterocycles. The average molecular weight is 419 g/mol. The Morgan fingerprint density at radius 2 is 2.13 bits per heavy atom. The van der Waals surface area contributed by atoms with Gasteiger partial charge < -0.3 is 20.1 Å². The number of anilines is 1. The van der Waals surface area contributed by atoms with Crippen LogP contribution in [0.1, 0.15) is 32.8 Å². The molecule has 164 valence electrons. The number of halogens is 1. The number of ether oxygens (including phenoxy) is 1. The van der Waals surface area contributed by atoms with Crippen LogP contribution in [0.15, 0.2) is 22.1 Å². The molecule has 1 aromatic carbocycles. The zero-order chi connectivity index (χ0) is 21.8. The summed E-state index contributed by atoms with van der Waals surface area (Å²) in [6.07, 6.45) is -0.309. The molecule has 9 heteroatoms. The Hall–Kier alpha value is -2.52. The van der Waals surface area contributed by atoms with Gasteiger partial charge in [-0.3, -0.25) is 15.3 Å². The van der Waals surface area contributed by atoms with E-state index in [0.717, 1.165) is 25.5 Å². The maximum Gasteiger partial charge on any atom is 0.167 e. The Bertz CT molecular complexity index is 854. The summed E-state index contributed by atoms with van der Waals surface area (Å²) in [7, 11) is 1.69. The molecule has 0 bridgehead atoms. The molecule has 2 aliphatic rings. The van der Waals surface area contributed by atoms with Crippen LogP contribution in [0.3, 0.4) is 0 Å². The van der Waals surface area contributed by atoms with Crippen molar-refractivity contribution in [3.8, 4) is 5.75 Å². The van der Waals surface area contributed by atoms with Gasteiger partial charge in [0.15, 0.2) is 11.6 Å². The van der Waals surface area contributed by atoms with Crippen LogP contribution in [0.5, 0.6) is 5.75 Å². The number of amidine groups is 1. The minimum atomic E-state index is -0.531. The summed E-state index contributed by atoms with van der Waals surface area (Å²) < 4.78 is 19.9. The lowest BCUT2D eigenvalue weighted by Crippen LogP contribution is -2.55. The standard InChI is InChI=1S/C21H31FN6O2/c1-5-27-6-7-28(11-20(27)29)19-10-17(25-12-26-19)21(23)14-8-18(30-13(2)3)15(22)9-16(14)24-4/h8-9,13,20,23-24,29H,5-7,10-12H2,1-4H3. The molecule has 0 aliphatic carbocycles. The first-order valence-corrected chi connectivity index (χ1v) is 10.3. The topological polar surface area (TPSA) is 96.5 Å². The van der Waals surface area contributed by atoms with E-state index in [4.69, 9.17) is 10.1 Å². The highest BCUT2D eigenvalue weighted by Crippen LogP contribution is 2.28. The first-order valence-electron chi connectivity index (χ1n) is 10.3. The number of hydrogen-bond acceptors (Lipinski definition) is 8. The van der Waals surface area contributed by atoms with Crippen LogP contribution < -0.4 is 10.1 Å². The van der Waals surface area contributed by atoms with Crippen molar-refractivity contribution in [2.45, 2.75) is 39.5 Å². The van der Waals surface area contributed by atoms with Crippen LogP contribution in [-0.2, 0) is 0 Å². The Kier molecular flexibility index (Phi) is 7.04. The van der Waals surface area contributed by atoms with E-state index in [1.807, 2.05) is 25.7 Å². The number of rotatable bonds is 6. The Balaban J connectivity index is 1.78. The van der Waals surface area contributed by atoms with E-state index >= 15 is 0 Å². The van der Waals surface area contributed by atoms with Gasteiger partial charge in [0.25, 0.3) is 0 Å². The second-order valence-electron chi connectivity index (χ2n) is 7.67. The molecule has 0 saturated carbocycles. The molecule has 1 aromatic rings. The highest BCUT2D eigenvalue weighted by Gasteiger charge is 2.28. The fourth-order valence-electron chi connectivity index (χ4n) is 3.72. The van der Waals surface area contributed by atoms with Crippen LogP contribution in [0.4, 0.5) is 10.1 Å². The number of piperazine rings is 1. The molecule has 0 aromatic heterocycles. The number of hydrogen-bond donors (Lipinski definition) is 3. The third-order valence-electron chi connectivity index (χ3n) is 5.34. The van der Waals surface area contributed by atoms with Gasteiger partial charge in [-0.2, -0.15) is 0 Å². The molecule has 1 atom stereocenters. The molecule has 1 fully saturated rings. The van der Waals surface area contributed by atoms with Crippen molar-refractivity contribution in [3.63, 3.8) is 0 Å². The Morgan fingerprint density at radius 3 is 2.77 bits per heavy atom. The van der Waals surface area contributed by atoms with Gasteiger partial charge in [-0.25, -0.2) is 9.38 Å². The van der Waals surface area contributed by atoms with Crippen molar-refractivity contribution >= 4 is 22.9 Å². The second kappa shape index (κ2) is 9.53. The van der Waals surface area contributed by atoms with E-state index in [9.17, 15) is 9.50 Å². The molecule has 3 rings (SSSR count). The van der Waals surface area contributed by atoms with E-state index < -0.39 is 12.0 Å². The highest BCUT2D eigenvalue weighted by atomic mass is 19.1. The Labute approximate surface area is 177 Å². The van der Waals surface area contributed by atoms with Crippen molar-refractivity contribution < 1.29 is 14.2 Å². The molecule has 3 N–H and O–H groups in total. The number of likely N-dealkylation sites (N-methyl/N-ethyl adjacent to an activating group) is 1. The van der Waals surface area contributed by atoms with Gasteiger partial charge in [0.1, 0.15) is 18.7 Å². The zero-order valence-electron chi connectivity index (χ0n) is 18.1. The molecule has 1 unspecified atom stereocenters. The van der Waals surface area contributed by atoms with Gasteiger partial charge in [-0.05, 0) is 26.5 Å². The van der Waals surface area contributed by atoms with Crippen LogP contribution in [0.2, 0.25) is 0 Å². The summed E-state index contributed by atoms with van der Waals surface area (Å²) >= 11 is 0. The maximum atomic E-state index is 14.4. The molecular formula is C21H31FN6O2. The summed E-state index contributed by atoms with van der Waals surface area (Å²) in [6.45, 7) is 8.75. The molecule has 30 heavy (non-hydrogen) atoms. The number of aliphatic imine (C=N–C) groups is 2. The summed E-state index contributed by atoms with van der Waals surface area (Å²) in [5, 5.41) is 22.0. The van der Waals surface area contributed by atoms with Gasteiger partial charge >= 0.3 is 0 Å². The average Bonchev–Trinajstić information content (AvgIpc) is 2.74.